The number of anilines is 6. The first-order valence-electron chi connectivity index (χ1n) is 33.3. The van der Waals surface area contributed by atoms with Gasteiger partial charge in [0.2, 0.25) is 0 Å². The van der Waals surface area contributed by atoms with Gasteiger partial charge < -0.3 is 0 Å². The van der Waals surface area contributed by atoms with Crippen molar-refractivity contribution < 1.29 is 0 Å². The number of fused-ring (bicyclic) bond motifs is 23. The van der Waals surface area contributed by atoms with Crippen LogP contribution in [0.15, 0.2) is 214 Å². The van der Waals surface area contributed by atoms with E-state index in [-0.39, 0.29) is 5.41 Å². The van der Waals surface area contributed by atoms with Crippen LogP contribution < -0.4 is 9.80 Å². The lowest BCUT2D eigenvalue weighted by molar-refractivity contribution is 0.629. The van der Waals surface area contributed by atoms with Crippen LogP contribution in [0.1, 0.15) is 58.4 Å². The SMILES string of the molecule is Cc1cccc2c1N(c1cnc3c4nccnc4c4nccnc4c3n1)c1c(C)cccc1C2(C)C.Cc1cccc2c3cccc(C)c3n(-c3cnc4c5nccnc5c5nccnc5c4n3)c12.Cc1ccccc1N(c1cnc2c3nccnc3c3nccnc3c2n1)c1ccccc1C. The normalized spacial score (nSPS) is 12.6. The largest absolute Gasteiger partial charge is 0.293 e. The van der Waals surface area contributed by atoms with Crippen molar-refractivity contribution >= 4 is 155 Å². The average Bonchev–Trinajstić information content (AvgIpc) is 0.923. The van der Waals surface area contributed by atoms with Crippen molar-refractivity contribution in [3.8, 4) is 5.82 Å². The molecule has 20 rings (SSSR count). The van der Waals surface area contributed by atoms with E-state index in [0.717, 1.165) is 56.5 Å². The number of rotatable bonds is 5. The zero-order chi connectivity index (χ0) is 69.1. The number of para-hydroxylation sites is 6. The molecule has 19 aromatic rings. The summed E-state index contributed by atoms with van der Waals surface area (Å²) >= 11 is 0. The number of aryl methyl sites for hydroxylation is 6. The molecule has 10 aromatic heterocycles. The van der Waals surface area contributed by atoms with Crippen molar-refractivity contribution in [1.82, 2.24) is 94.3 Å². The molecule has 9 aromatic carbocycles. The molecule has 11 heterocycles. The van der Waals surface area contributed by atoms with Gasteiger partial charge in [-0.1, -0.05) is 123 Å². The van der Waals surface area contributed by atoms with Crippen molar-refractivity contribution in [3.05, 3.63) is 259 Å². The standard InChI is InChI=1S/C29H23N7.C26H17N7.C26H19N7/c1-16-7-5-9-18-27(16)36(28-17(2)8-6-10-19(28)29(18,3)4)20-15-34-25-23-21(30-11-12-32-23)22-24(26(25)35-20)33-14-13-31-22;1-14-5-3-7-16-17-8-4-6-15(2)26(17)33(25(14)16)18-13-31-23-21-19(27-9-10-29-21)20-22(24(23)32-18)30-12-11-28-20;1-16-7-3-5-9-18(16)33(19-10-6-4-8-17(19)2)20-15-31-25-23-21(27-11-12-29-23)22-24(26(25)32-20)30-14-13-28-22/h5-15H,1-4H3;3-13H,1-2H3;3-15H,1-2H3. The lowest BCUT2D eigenvalue weighted by Gasteiger charge is -2.43. The number of hydrogen-bond donors (Lipinski definition) is 0. The second kappa shape index (κ2) is 23.9. The molecule has 0 saturated carbocycles. The van der Waals surface area contributed by atoms with E-state index < -0.39 is 0 Å². The first kappa shape index (κ1) is 60.8. The van der Waals surface area contributed by atoms with Crippen molar-refractivity contribution in [1.29, 1.82) is 0 Å². The highest BCUT2D eigenvalue weighted by atomic mass is 15.2. The fourth-order valence-electron chi connectivity index (χ4n) is 14.7. The Balaban J connectivity index is 0.000000110. The van der Waals surface area contributed by atoms with Gasteiger partial charge in [0.05, 0.1) is 52.4 Å². The van der Waals surface area contributed by atoms with Gasteiger partial charge in [-0.25, -0.2) is 29.9 Å². The molecule has 0 bridgehead atoms. The maximum atomic E-state index is 5.20. The van der Waals surface area contributed by atoms with Gasteiger partial charge in [0, 0.05) is 90.5 Å². The van der Waals surface area contributed by atoms with Crippen molar-refractivity contribution in [2.75, 3.05) is 9.80 Å². The molecule has 0 saturated heterocycles. The van der Waals surface area contributed by atoms with Crippen molar-refractivity contribution in [3.63, 3.8) is 0 Å². The summed E-state index contributed by atoms with van der Waals surface area (Å²) in [5.74, 6) is 2.17. The van der Waals surface area contributed by atoms with Crippen LogP contribution in [0.3, 0.4) is 0 Å². The Hall–Kier alpha value is -13.6. The number of aromatic nitrogens is 19. The molecule has 102 heavy (non-hydrogen) atoms. The van der Waals surface area contributed by atoms with Crippen LogP contribution in [0.4, 0.5) is 34.4 Å². The third-order valence-electron chi connectivity index (χ3n) is 19.4. The van der Waals surface area contributed by atoms with Crippen LogP contribution >= 0.6 is 0 Å². The smallest absolute Gasteiger partial charge is 0.157 e. The quantitative estimate of drug-likeness (QED) is 0.145. The molecule has 1 aliphatic heterocycles. The first-order valence-corrected chi connectivity index (χ1v) is 33.3. The molecule has 0 fully saturated rings. The van der Waals surface area contributed by atoms with E-state index in [0.29, 0.717) is 105 Å². The van der Waals surface area contributed by atoms with E-state index in [1.165, 1.54) is 44.2 Å². The molecule has 1 aliphatic rings. The second-order valence-electron chi connectivity index (χ2n) is 25.9. The van der Waals surface area contributed by atoms with Gasteiger partial charge in [0.15, 0.2) is 17.5 Å². The number of benzene rings is 9. The van der Waals surface area contributed by atoms with Crippen molar-refractivity contribution in [2.24, 2.45) is 0 Å². The Morgan fingerprint density at radius 3 is 0.951 bits per heavy atom. The van der Waals surface area contributed by atoms with E-state index in [1.54, 1.807) is 80.6 Å². The lowest BCUT2D eigenvalue weighted by Crippen LogP contribution is -2.32. The zero-order valence-electron chi connectivity index (χ0n) is 56.6. The van der Waals surface area contributed by atoms with E-state index in [4.69, 9.17) is 29.9 Å². The van der Waals surface area contributed by atoms with Crippen LogP contribution in [0, 0.1) is 41.5 Å². The van der Waals surface area contributed by atoms with Crippen LogP contribution in [0.5, 0.6) is 0 Å². The highest BCUT2D eigenvalue weighted by Crippen LogP contribution is 2.54. The van der Waals surface area contributed by atoms with Gasteiger partial charge in [0.1, 0.15) is 99.3 Å². The Bertz CT molecular complexity index is 6430. The Morgan fingerprint density at radius 1 is 0.275 bits per heavy atom. The molecule has 0 N–H and O–H groups in total. The monoisotopic (exact) mass is 1330 g/mol. The maximum Gasteiger partial charge on any atom is 0.157 e. The summed E-state index contributed by atoms with van der Waals surface area (Å²) in [7, 11) is 0. The van der Waals surface area contributed by atoms with Gasteiger partial charge in [-0.05, 0) is 98.2 Å². The van der Waals surface area contributed by atoms with Crippen LogP contribution in [0.2, 0.25) is 0 Å². The fraction of sp³-hybridized carbons (Fsp3) is 0.111. The van der Waals surface area contributed by atoms with Crippen LogP contribution in [-0.2, 0) is 5.41 Å². The van der Waals surface area contributed by atoms with E-state index >= 15 is 0 Å². The molecule has 0 amide bonds. The summed E-state index contributed by atoms with van der Waals surface area (Å²) in [6, 6.07) is 42.3. The Morgan fingerprint density at radius 2 is 0.569 bits per heavy atom. The molecular formula is C81H59N21. The number of hydrogen-bond acceptors (Lipinski definition) is 20. The Labute approximate surface area is 582 Å². The summed E-state index contributed by atoms with van der Waals surface area (Å²) in [4.78, 5) is 89.0. The molecule has 0 radical (unpaired) electrons. The molecule has 21 nitrogen and oxygen atoms in total. The Kier molecular flexibility index (Phi) is 14.2. The molecule has 21 heteroatoms. The predicted octanol–water partition coefficient (Wildman–Crippen LogP) is 17.1. The van der Waals surface area contributed by atoms with E-state index in [2.05, 4.69) is 227 Å². The maximum absolute atomic E-state index is 5.20. The molecular weight excluding hydrogens is 1270 g/mol. The third kappa shape index (κ3) is 9.52. The molecule has 0 atom stereocenters. The zero-order valence-corrected chi connectivity index (χ0v) is 56.6. The van der Waals surface area contributed by atoms with Gasteiger partial charge in [-0.2, -0.15) is 0 Å². The topological polar surface area (TPSA) is 243 Å². The van der Waals surface area contributed by atoms with E-state index in [1.807, 2.05) is 36.7 Å². The summed E-state index contributed by atoms with van der Waals surface area (Å²) < 4.78 is 2.21. The minimum atomic E-state index is -0.159. The van der Waals surface area contributed by atoms with Gasteiger partial charge >= 0.3 is 0 Å². The highest BCUT2D eigenvalue weighted by molar-refractivity contribution is 6.20. The van der Waals surface area contributed by atoms with Crippen LogP contribution in [0.25, 0.3) is 127 Å². The number of nitrogens with zero attached hydrogens (tertiary/aromatic N) is 21. The predicted molar refractivity (Wildman–Crippen MR) is 401 cm³/mol. The van der Waals surface area contributed by atoms with Crippen molar-refractivity contribution in [2.45, 2.75) is 60.8 Å². The summed E-state index contributed by atoms with van der Waals surface area (Å²) in [6.07, 6.45) is 25.4. The molecule has 488 valence electrons. The summed E-state index contributed by atoms with van der Waals surface area (Å²) in [5, 5.41) is 2.40. The molecule has 0 aliphatic carbocycles. The lowest BCUT2D eigenvalue weighted by atomic mass is 9.72. The van der Waals surface area contributed by atoms with E-state index in [9.17, 15) is 0 Å². The highest BCUT2D eigenvalue weighted by Gasteiger charge is 2.39. The third-order valence-corrected chi connectivity index (χ3v) is 19.4. The minimum Gasteiger partial charge on any atom is -0.293 e. The van der Waals surface area contributed by atoms with Gasteiger partial charge in [-0.3, -0.25) is 74.2 Å². The second-order valence-corrected chi connectivity index (χ2v) is 25.9. The van der Waals surface area contributed by atoms with Crippen LogP contribution in [-0.4, -0.2) is 94.3 Å². The molecule has 0 unspecified atom stereocenters. The fourth-order valence-corrected chi connectivity index (χ4v) is 14.7. The summed E-state index contributed by atoms with van der Waals surface area (Å²) in [5.41, 5.74) is 28.0. The minimum absolute atomic E-state index is 0.159. The average molecular weight is 1330 g/mol. The molecule has 0 spiro atoms. The first-order chi connectivity index (χ1) is 49.9. The summed E-state index contributed by atoms with van der Waals surface area (Å²) in [6.45, 7) is 17.4. The van der Waals surface area contributed by atoms with Gasteiger partial charge in [0.25, 0.3) is 0 Å². The van der Waals surface area contributed by atoms with Gasteiger partial charge in [-0.15, -0.1) is 0 Å².